The largest absolute Gasteiger partial charge is 0.444 e. The lowest BCUT2D eigenvalue weighted by atomic mass is 10.1. The van der Waals surface area contributed by atoms with Crippen molar-refractivity contribution >= 4 is 6.09 Å². The number of hydrogen-bond acceptors (Lipinski definition) is 3. The Hall–Kier alpha value is -1.52. The number of hydrogen-bond donors (Lipinski definition) is 1. The third-order valence-corrected chi connectivity index (χ3v) is 2.89. The molecule has 1 amide bonds. The first-order valence-electron chi connectivity index (χ1n) is 6.46. The number of nitrogens with zero attached hydrogens (tertiary/aromatic N) is 2. The maximum absolute atomic E-state index is 11.6. The number of carbonyl (C=O) groups excluding carboxylic acids is 1. The number of aromatic nitrogens is 2. The molecule has 18 heavy (non-hydrogen) atoms. The van der Waals surface area contributed by atoms with E-state index < -0.39 is 5.60 Å². The van der Waals surface area contributed by atoms with Crippen LogP contribution in [0, 0.1) is 0 Å². The van der Waals surface area contributed by atoms with E-state index in [0.29, 0.717) is 6.54 Å². The average molecular weight is 251 g/mol. The molecule has 0 saturated carbocycles. The van der Waals surface area contributed by atoms with Crippen molar-refractivity contribution in [2.45, 2.75) is 58.7 Å². The number of alkyl carbamates (subject to hydrolysis) is 1. The highest BCUT2D eigenvalue weighted by Gasteiger charge is 2.18. The molecule has 0 unspecified atom stereocenters. The van der Waals surface area contributed by atoms with Crippen LogP contribution in [0.5, 0.6) is 0 Å². The van der Waals surface area contributed by atoms with Gasteiger partial charge in [0.15, 0.2) is 0 Å². The summed E-state index contributed by atoms with van der Waals surface area (Å²) in [4.78, 5) is 11.6. The van der Waals surface area contributed by atoms with Gasteiger partial charge in [0.2, 0.25) is 0 Å². The summed E-state index contributed by atoms with van der Waals surface area (Å²) in [6.45, 7) is 7.04. The number of aryl methyl sites for hydroxylation is 1. The van der Waals surface area contributed by atoms with Crippen LogP contribution in [0.15, 0.2) is 6.20 Å². The molecule has 0 fully saturated rings. The predicted molar refractivity (Wildman–Crippen MR) is 68.2 cm³/mol. The van der Waals surface area contributed by atoms with Crippen molar-refractivity contribution in [2.24, 2.45) is 0 Å². The number of nitrogens with one attached hydrogen (secondary N) is 1. The lowest BCUT2D eigenvalue weighted by Crippen LogP contribution is -2.32. The first kappa shape index (κ1) is 12.9. The van der Waals surface area contributed by atoms with Gasteiger partial charge >= 0.3 is 6.09 Å². The molecule has 5 nitrogen and oxygen atoms in total. The molecule has 2 heterocycles. The molecule has 0 spiro atoms. The lowest BCUT2D eigenvalue weighted by molar-refractivity contribution is 0.0523. The number of amides is 1. The maximum atomic E-state index is 11.6. The Morgan fingerprint density at radius 3 is 3.00 bits per heavy atom. The predicted octanol–water partition coefficient (Wildman–Crippen LogP) is 2.24. The third kappa shape index (κ3) is 3.24. The standard InChI is InChI=1S/C13H21N3O2/c1-13(2,3)18-12(17)14-8-10-9-15-16-7-5-4-6-11(10)16/h9H,4-8H2,1-3H3,(H,14,17). The zero-order valence-electron chi connectivity index (χ0n) is 11.3. The summed E-state index contributed by atoms with van der Waals surface area (Å²) >= 11 is 0. The summed E-state index contributed by atoms with van der Waals surface area (Å²) in [6, 6.07) is 0. The minimum absolute atomic E-state index is 0.377. The minimum atomic E-state index is -0.456. The van der Waals surface area contributed by atoms with Crippen LogP contribution < -0.4 is 5.32 Å². The third-order valence-electron chi connectivity index (χ3n) is 2.89. The fraction of sp³-hybridized carbons (Fsp3) is 0.692. The first-order valence-corrected chi connectivity index (χ1v) is 6.46. The zero-order valence-corrected chi connectivity index (χ0v) is 11.3. The molecule has 100 valence electrons. The zero-order chi connectivity index (χ0) is 13.2. The Balaban J connectivity index is 1.91. The fourth-order valence-corrected chi connectivity index (χ4v) is 2.11. The Morgan fingerprint density at radius 1 is 1.50 bits per heavy atom. The van der Waals surface area contributed by atoms with Crippen molar-refractivity contribution in [3.8, 4) is 0 Å². The molecule has 1 aliphatic heterocycles. The van der Waals surface area contributed by atoms with Crippen LogP contribution >= 0.6 is 0 Å². The molecule has 1 N–H and O–H groups in total. The number of fused-ring (bicyclic) bond motifs is 1. The topological polar surface area (TPSA) is 56.1 Å². The molecule has 5 heteroatoms. The van der Waals surface area contributed by atoms with Crippen molar-refractivity contribution in [3.05, 3.63) is 17.5 Å². The fourth-order valence-electron chi connectivity index (χ4n) is 2.11. The molecule has 0 saturated heterocycles. The second-order valence-corrected chi connectivity index (χ2v) is 5.65. The van der Waals surface area contributed by atoms with Gasteiger partial charge in [-0.25, -0.2) is 4.79 Å². The van der Waals surface area contributed by atoms with Crippen LogP contribution in [-0.4, -0.2) is 21.5 Å². The van der Waals surface area contributed by atoms with Crippen molar-refractivity contribution in [1.29, 1.82) is 0 Å². The van der Waals surface area contributed by atoms with Gasteiger partial charge in [0.25, 0.3) is 0 Å². The quantitative estimate of drug-likeness (QED) is 0.877. The van der Waals surface area contributed by atoms with E-state index in [0.717, 1.165) is 18.5 Å². The summed E-state index contributed by atoms with van der Waals surface area (Å²) < 4.78 is 7.24. The van der Waals surface area contributed by atoms with Gasteiger partial charge in [-0.15, -0.1) is 0 Å². The molecule has 1 aromatic rings. The summed E-state index contributed by atoms with van der Waals surface area (Å²) in [5.41, 5.74) is 1.89. The van der Waals surface area contributed by atoms with Crippen LogP contribution in [0.25, 0.3) is 0 Å². The molecule has 0 atom stereocenters. The molecule has 0 aliphatic carbocycles. The van der Waals surface area contributed by atoms with Gasteiger partial charge in [0.1, 0.15) is 5.60 Å². The summed E-state index contributed by atoms with van der Waals surface area (Å²) in [6.07, 6.45) is 4.90. The van der Waals surface area contributed by atoms with Gasteiger partial charge in [-0.1, -0.05) is 0 Å². The van der Waals surface area contributed by atoms with Gasteiger partial charge < -0.3 is 10.1 Å². The number of ether oxygens (including phenoxy) is 1. The van der Waals surface area contributed by atoms with E-state index in [4.69, 9.17) is 4.74 Å². The summed E-state index contributed by atoms with van der Waals surface area (Å²) in [5, 5.41) is 7.11. The highest BCUT2D eigenvalue weighted by molar-refractivity contribution is 5.67. The Bertz CT molecular complexity index is 432. The molecule has 2 rings (SSSR count). The molecule has 1 aromatic heterocycles. The van der Waals surface area contributed by atoms with E-state index in [2.05, 4.69) is 10.4 Å². The normalized spacial score (nSPS) is 15.1. The van der Waals surface area contributed by atoms with Crippen LogP contribution in [0.3, 0.4) is 0 Å². The van der Waals surface area contributed by atoms with Gasteiger partial charge in [-0.3, -0.25) is 4.68 Å². The Morgan fingerprint density at radius 2 is 2.28 bits per heavy atom. The molecular weight excluding hydrogens is 230 g/mol. The van der Waals surface area contributed by atoms with E-state index in [-0.39, 0.29) is 6.09 Å². The highest BCUT2D eigenvalue weighted by atomic mass is 16.6. The Labute approximate surface area is 108 Å². The van der Waals surface area contributed by atoms with E-state index in [9.17, 15) is 4.79 Å². The van der Waals surface area contributed by atoms with Crippen molar-refractivity contribution in [2.75, 3.05) is 0 Å². The van der Waals surface area contributed by atoms with Gasteiger partial charge in [-0.05, 0) is 40.0 Å². The van der Waals surface area contributed by atoms with Crippen molar-refractivity contribution in [3.63, 3.8) is 0 Å². The Kier molecular flexibility index (Phi) is 3.59. The highest BCUT2D eigenvalue weighted by Crippen LogP contribution is 2.18. The number of rotatable bonds is 2. The minimum Gasteiger partial charge on any atom is -0.444 e. The molecule has 0 aromatic carbocycles. The molecule has 1 aliphatic rings. The van der Waals surface area contributed by atoms with Crippen molar-refractivity contribution in [1.82, 2.24) is 15.1 Å². The second-order valence-electron chi connectivity index (χ2n) is 5.65. The van der Waals surface area contributed by atoms with Crippen LogP contribution in [0.1, 0.15) is 44.9 Å². The average Bonchev–Trinajstić information content (AvgIpc) is 2.67. The van der Waals surface area contributed by atoms with E-state index in [1.54, 1.807) is 0 Å². The SMILES string of the molecule is CC(C)(C)OC(=O)NCc1cnn2c1CCCC2. The molecular formula is C13H21N3O2. The van der Waals surface area contributed by atoms with E-state index >= 15 is 0 Å². The van der Waals surface area contributed by atoms with Gasteiger partial charge in [0, 0.05) is 24.3 Å². The van der Waals surface area contributed by atoms with Crippen LogP contribution in [0.4, 0.5) is 4.79 Å². The molecule has 0 radical (unpaired) electrons. The lowest BCUT2D eigenvalue weighted by Gasteiger charge is -2.20. The van der Waals surface area contributed by atoms with Gasteiger partial charge in [0.05, 0.1) is 6.20 Å². The number of carbonyl (C=O) groups is 1. The molecule has 0 bridgehead atoms. The van der Waals surface area contributed by atoms with E-state index in [1.807, 2.05) is 31.6 Å². The summed E-state index contributed by atoms with van der Waals surface area (Å²) in [5.74, 6) is 0. The van der Waals surface area contributed by atoms with Crippen molar-refractivity contribution < 1.29 is 9.53 Å². The van der Waals surface area contributed by atoms with Crippen LogP contribution in [0.2, 0.25) is 0 Å². The monoisotopic (exact) mass is 251 g/mol. The second kappa shape index (κ2) is 5.00. The van der Waals surface area contributed by atoms with Crippen LogP contribution in [-0.2, 0) is 24.2 Å². The maximum Gasteiger partial charge on any atom is 0.407 e. The van der Waals surface area contributed by atoms with Gasteiger partial charge in [-0.2, -0.15) is 5.10 Å². The first-order chi connectivity index (χ1) is 8.46. The smallest absolute Gasteiger partial charge is 0.407 e. The van der Waals surface area contributed by atoms with E-state index in [1.165, 1.54) is 18.5 Å². The summed E-state index contributed by atoms with van der Waals surface area (Å²) in [7, 11) is 0.